The van der Waals surface area contributed by atoms with E-state index in [1.54, 1.807) is 0 Å². The van der Waals surface area contributed by atoms with Crippen LogP contribution in [0.1, 0.15) is 13.8 Å². The Kier molecular flexibility index (Phi) is 3.13. The molecule has 0 fully saturated rings. The molecule has 0 aliphatic carbocycles. The molecule has 0 radical (unpaired) electrons. The first-order chi connectivity index (χ1) is 5.28. The van der Waals surface area contributed by atoms with E-state index in [1.807, 2.05) is 0 Å². The number of alkyl halides is 2. The zero-order chi connectivity index (χ0) is 9.94. The monoisotopic (exact) mass is 175 g/mol. The number of halogens is 2. The smallest absolute Gasteiger partial charge is 0.350 e. The molecule has 4 N–H and O–H groups in total. The third kappa shape index (κ3) is 2.45. The molecule has 0 amide bonds. The lowest BCUT2D eigenvalue weighted by atomic mass is 10.1. The molecule has 0 aromatic carbocycles. The topological polar surface area (TPSA) is 51.6 Å². The maximum Gasteiger partial charge on any atom is 0.350 e. The lowest BCUT2D eigenvalue weighted by molar-refractivity contribution is -0.132. The fourth-order valence-electron chi connectivity index (χ4n) is 0.582. The molecule has 0 aliphatic heterocycles. The predicted octanol–water partition coefficient (Wildman–Crippen LogP) is 0.260. The van der Waals surface area contributed by atoms with E-state index in [0.29, 0.717) is 0 Å². The van der Waals surface area contributed by atoms with Gasteiger partial charge in [0.05, 0.1) is 0 Å². The van der Waals surface area contributed by atoms with Crippen molar-refractivity contribution in [3.63, 3.8) is 0 Å². The van der Waals surface area contributed by atoms with E-state index in [0.717, 1.165) is 6.08 Å². The van der Waals surface area contributed by atoms with E-state index in [1.165, 1.54) is 13.8 Å². The summed E-state index contributed by atoms with van der Waals surface area (Å²) in [6, 6.07) is 0. The van der Waals surface area contributed by atoms with E-state index >= 15 is 0 Å². The Morgan fingerprint density at radius 2 is 1.92 bits per heavy atom. The van der Waals surface area contributed by atoms with Crippen LogP contribution in [0.2, 0.25) is 0 Å². The molecular formula is C8H13F2N2+. The van der Waals surface area contributed by atoms with E-state index in [-0.39, 0.29) is 11.3 Å². The summed E-state index contributed by atoms with van der Waals surface area (Å²) in [7, 11) is 0. The summed E-state index contributed by atoms with van der Waals surface area (Å²) in [5, 5.41) is 5.10. The Morgan fingerprint density at radius 3 is 2.17 bits per heavy atom. The number of allylic oxidation sites excluding steroid dienone is 3. The fraction of sp³-hybridized carbons (Fsp3) is 0.375. The molecule has 0 aromatic rings. The van der Waals surface area contributed by atoms with Crippen LogP contribution in [0.5, 0.6) is 0 Å². The van der Waals surface area contributed by atoms with Crippen LogP contribution in [0.3, 0.4) is 0 Å². The molecule has 0 saturated heterocycles. The van der Waals surface area contributed by atoms with Gasteiger partial charge in [0.2, 0.25) is 5.71 Å². The van der Waals surface area contributed by atoms with Crippen molar-refractivity contribution in [3.8, 4) is 0 Å². The summed E-state index contributed by atoms with van der Waals surface area (Å²) >= 11 is 0. The number of hydrogen-bond acceptors (Lipinski definition) is 1. The maximum absolute atomic E-state index is 12.9. The Hall–Kier alpha value is -1.19. The molecule has 0 aliphatic rings. The first-order valence-corrected chi connectivity index (χ1v) is 3.39. The van der Waals surface area contributed by atoms with Gasteiger partial charge in [-0.15, -0.1) is 0 Å². The van der Waals surface area contributed by atoms with Crippen LogP contribution in [0.25, 0.3) is 0 Å². The Bertz CT molecular complexity index is 237. The third-order valence-corrected chi connectivity index (χ3v) is 1.28. The molecule has 0 rings (SSSR count). The van der Waals surface area contributed by atoms with Gasteiger partial charge in [-0.3, -0.25) is 5.41 Å². The molecule has 0 heterocycles. The molecule has 12 heavy (non-hydrogen) atoms. The second kappa shape index (κ2) is 3.47. The van der Waals surface area contributed by atoms with E-state index < -0.39 is 11.6 Å². The first-order valence-electron chi connectivity index (χ1n) is 3.39. The van der Waals surface area contributed by atoms with Crippen molar-refractivity contribution < 1.29 is 14.2 Å². The highest BCUT2D eigenvalue weighted by Crippen LogP contribution is 2.22. The van der Waals surface area contributed by atoms with Crippen LogP contribution in [-0.4, -0.2) is 11.6 Å². The third-order valence-electron chi connectivity index (χ3n) is 1.28. The van der Waals surface area contributed by atoms with E-state index in [4.69, 9.17) is 11.1 Å². The number of rotatable bonds is 3. The normalized spacial score (nSPS) is 12.8. The molecule has 0 bridgehead atoms. The standard InChI is InChI=1S/C8H12F2N2/c1-5(2)8(9,10)7(12)4-6(3)11/h4,12H,1,11H2,2-3H3/p+1/b6-4-,12-7?. The minimum absolute atomic E-state index is 0.244. The SMILES string of the molecule is C=C(C)C(F)(F)C(=[NH2+])/C=C(/C)N. The summed E-state index contributed by atoms with van der Waals surface area (Å²) in [6.45, 7) is 5.84. The molecule has 0 saturated carbocycles. The predicted molar refractivity (Wildman–Crippen MR) is 44.6 cm³/mol. The van der Waals surface area contributed by atoms with Gasteiger partial charge >= 0.3 is 5.92 Å². The van der Waals surface area contributed by atoms with Gasteiger partial charge in [-0.2, -0.15) is 8.78 Å². The second-order valence-corrected chi connectivity index (χ2v) is 2.70. The van der Waals surface area contributed by atoms with Gasteiger partial charge in [0.15, 0.2) is 0 Å². The molecule has 68 valence electrons. The minimum Gasteiger partial charge on any atom is -0.402 e. The molecule has 4 heteroatoms. The Morgan fingerprint density at radius 1 is 1.50 bits per heavy atom. The van der Waals surface area contributed by atoms with E-state index in [9.17, 15) is 8.78 Å². The van der Waals surface area contributed by atoms with Crippen molar-refractivity contribution in [2.45, 2.75) is 19.8 Å². The molecule has 0 aromatic heterocycles. The fourth-order valence-corrected chi connectivity index (χ4v) is 0.582. The van der Waals surface area contributed by atoms with Gasteiger partial charge in [0, 0.05) is 11.8 Å². The van der Waals surface area contributed by atoms with E-state index in [2.05, 4.69) is 6.58 Å². The highest BCUT2D eigenvalue weighted by molar-refractivity contribution is 5.98. The van der Waals surface area contributed by atoms with Gasteiger partial charge in [-0.25, -0.2) is 0 Å². The lowest BCUT2D eigenvalue weighted by Gasteiger charge is -2.10. The molecule has 2 nitrogen and oxygen atoms in total. The van der Waals surface area contributed by atoms with Gasteiger partial charge < -0.3 is 5.73 Å². The van der Waals surface area contributed by atoms with Crippen molar-refractivity contribution in [3.05, 3.63) is 23.9 Å². The van der Waals surface area contributed by atoms with Crippen LogP contribution < -0.4 is 11.1 Å². The highest BCUT2D eigenvalue weighted by atomic mass is 19.3. The van der Waals surface area contributed by atoms with Gasteiger partial charge in [0.25, 0.3) is 0 Å². The molecule has 0 unspecified atom stereocenters. The number of nitrogens with two attached hydrogens (primary N) is 2. The average Bonchev–Trinajstić information content (AvgIpc) is 1.85. The van der Waals surface area contributed by atoms with Crippen LogP contribution in [0, 0.1) is 0 Å². The zero-order valence-corrected chi connectivity index (χ0v) is 7.20. The van der Waals surface area contributed by atoms with Gasteiger partial charge in [-0.1, -0.05) is 6.58 Å². The molecule has 0 spiro atoms. The van der Waals surface area contributed by atoms with Gasteiger partial charge in [0.1, 0.15) is 0 Å². The van der Waals surface area contributed by atoms with Crippen molar-refractivity contribution in [1.29, 1.82) is 0 Å². The molecule has 0 atom stereocenters. The minimum atomic E-state index is -3.17. The van der Waals surface area contributed by atoms with Crippen LogP contribution >= 0.6 is 0 Å². The second-order valence-electron chi connectivity index (χ2n) is 2.70. The summed E-state index contributed by atoms with van der Waals surface area (Å²) in [6.07, 6.45) is 1.04. The summed E-state index contributed by atoms with van der Waals surface area (Å²) in [5.41, 5.74) is 4.56. The maximum atomic E-state index is 12.9. The number of hydrogen-bond donors (Lipinski definition) is 2. The Labute approximate surface area is 70.3 Å². The quantitative estimate of drug-likeness (QED) is 0.469. The highest BCUT2D eigenvalue weighted by Gasteiger charge is 2.39. The van der Waals surface area contributed by atoms with Crippen molar-refractivity contribution in [2.75, 3.05) is 0 Å². The van der Waals surface area contributed by atoms with Gasteiger partial charge in [-0.05, 0) is 19.4 Å². The Balaban J connectivity index is 4.70. The summed E-state index contributed by atoms with van der Waals surface area (Å²) in [5.74, 6) is -3.17. The first kappa shape index (κ1) is 10.8. The van der Waals surface area contributed by atoms with Crippen molar-refractivity contribution in [1.82, 2.24) is 0 Å². The van der Waals surface area contributed by atoms with Crippen LogP contribution in [-0.2, 0) is 0 Å². The van der Waals surface area contributed by atoms with Crippen molar-refractivity contribution >= 4 is 5.71 Å². The zero-order valence-electron chi connectivity index (χ0n) is 7.20. The van der Waals surface area contributed by atoms with Crippen LogP contribution in [0.4, 0.5) is 8.78 Å². The summed E-state index contributed by atoms with van der Waals surface area (Å²) < 4.78 is 25.9. The molecular weight excluding hydrogens is 162 g/mol. The average molecular weight is 175 g/mol. The van der Waals surface area contributed by atoms with Crippen molar-refractivity contribution in [2.24, 2.45) is 5.73 Å². The summed E-state index contributed by atoms with van der Waals surface area (Å²) in [4.78, 5) is 0. The van der Waals surface area contributed by atoms with Crippen LogP contribution in [0.15, 0.2) is 23.9 Å². The lowest BCUT2D eigenvalue weighted by Crippen LogP contribution is -2.50. The largest absolute Gasteiger partial charge is 0.402 e.